The van der Waals surface area contributed by atoms with E-state index in [0.29, 0.717) is 11.3 Å². The number of hydrogen-bond donors (Lipinski definition) is 1. The minimum Gasteiger partial charge on any atom is -0.483 e. The van der Waals surface area contributed by atoms with E-state index in [-0.39, 0.29) is 18.3 Å². The van der Waals surface area contributed by atoms with Crippen LogP contribution in [-0.4, -0.2) is 18.7 Å². The number of para-hydroxylation sites is 1. The van der Waals surface area contributed by atoms with Crippen LogP contribution >= 0.6 is 0 Å². The van der Waals surface area contributed by atoms with E-state index >= 15 is 0 Å². The van der Waals surface area contributed by atoms with Crippen molar-refractivity contribution in [3.05, 3.63) is 65.5 Å². The maximum absolute atomic E-state index is 12.7. The Labute approximate surface area is 122 Å². The second-order valence-electron chi connectivity index (χ2n) is 4.40. The molecule has 0 aliphatic carbocycles. The number of benzene rings is 2. The number of carbonyl (C=O) groups is 1. The fraction of sp³-hybridized carbons (Fsp3) is 0.125. The summed E-state index contributed by atoms with van der Waals surface area (Å²) in [4.78, 5) is 11.6. The molecule has 0 radical (unpaired) electrons. The van der Waals surface area contributed by atoms with E-state index in [9.17, 15) is 9.18 Å². The third-order valence-electron chi connectivity index (χ3n) is 2.73. The summed E-state index contributed by atoms with van der Waals surface area (Å²) in [5.74, 6) is -0.0189. The van der Waals surface area contributed by atoms with Crippen molar-refractivity contribution in [1.29, 1.82) is 0 Å². The summed E-state index contributed by atoms with van der Waals surface area (Å²) in [6.45, 7) is 1.78. The van der Waals surface area contributed by atoms with E-state index in [1.807, 2.05) is 25.1 Å². The Kier molecular flexibility index (Phi) is 5.04. The maximum Gasteiger partial charge on any atom is 0.277 e. The molecule has 2 aromatic carbocycles. The molecule has 0 bridgehead atoms. The van der Waals surface area contributed by atoms with Crippen molar-refractivity contribution < 1.29 is 13.9 Å². The van der Waals surface area contributed by atoms with E-state index in [4.69, 9.17) is 4.74 Å². The molecular formula is C16H15FN2O2. The van der Waals surface area contributed by atoms with Gasteiger partial charge >= 0.3 is 0 Å². The molecule has 0 saturated heterocycles. The van der Waals surface area contributed by atoms with Gasteiger partial charge < -0.3 is 4.74 Å². The molecule has 1 amide bonds. The van der Waals surface area contributed by atoms with Crippen molar-refractivity contribution in [2.75, 3.05) is 6.61 Å². The number of rotatable bonds is 5. The first-order chi connectivity index (χ1) is 10.1. The number of nitrogens with one attached hydrogen (secondary N) is 1. The molecule has 2 aromatic rings. The molecule has 0 aromatic heterocycles. The Balaban J connectivity index is 1.80. The van der Waals surface area contributed by atoms with Crippen LogP contribution in [0.3, 0.4) is 0 Å². The molecule has 21 heavy (non-hydrogen) atoms. The standard InChI is InChI=1S/C16H15FN2O2/c1-12-4-2-3-5-15(12)21-11-16(20)19-18-10-13-6-8-14(17)9-7-13/h2-10H,11H2,1H3,(H,19,20)/b18-10+. The summed E-state index contributed by atoms with van der Waals surface area (Å²) >= 11 is 0. The lowest BCUT2D eigenvalue weighted by Gasteiger charge is -2.07. The van der Waals surface area contributed by atoms with Crippen molar-refractivity contribution in [3.63, 3.8) is 0 Å². The largest absolute Gasteiger partial charge is 0.483 e. The first kappa shape index (κ1) is 14.7. The van der Waals surface area contributed by atoms with E-state index in [1.54, 1.807) is 18.2 Å². The van der Waals surface area contributed by atoms with Gasteiger partial charge in [-0.3, -0.25) is 4.79 Å². The first-order valence-corrected chi connectivity index (χ1v) is 6.41. The summed E-state index contributed by atoms with van der Waals surface area (Å²) in [7, 11) is 0. The van der Waals surface area contributed by atoms with Gasteiger partial charge in [0.15, 0.2) is 6.61 Å². The first-order valence-electron chi connectivity index (χ1n) is 6.41. The van der Waals surface area contributed by atoms with Gasteiger partial charge in [-0.05, 0) is 36.2 Å². The highest BCUT2D eigenvalue weighted by molar-refractivity contribution is 5.82. The number of ether oxygens (including phenoxy) is 1. The predicted octanol–water partition coefficient (Wildman–Crippen LogP) is 2.66. The quantitative estimate of drug-likeness (QED) is 0.678. The average molecular weight is 286 g/mol. The minimum atomic E-state index is -0.364. The van der Waals surface area contributed by atoms with Crippen LogP contribution < -0.4 is 10.2 Å². The average Bonchev–Trinajstić information content (AvgIpc) is 2.48. The lowest BCUT2D eigenvalue weighted by molar-refractivity contribution is -0.123. The molecule has 1 N–H and O–H groups in total. The molecule has 0 saturated carbocycles. The molecule has 0 spiro atoms. The molecule has 0 heterocycles. The van der Waals surface area contributed by atoms with E-state index in [0.717, 1.165) is 5.56 Å². The van der Waals surface area contributed by atoms with Crippen LogP contribution in [0.15, 0.2) is 53.6 Å². The van der Waals surface area contributed by atoms with Crippen LogP contribution in [0, 0.1) is 12.7 Å². The zero-order valence-electron chi connectivity index (χ0n) is 11.5. The number of nitrogens with zero attached hydrogens (tertiary/aromatic N) is 1. The van der Waals surface area contributed by atoms with Crippen molar-refractivity contribution in [3.8, 4) is 5.75 Å². The van der Waals surface area contributed by atoms with Crippen LogP contribution in [0.2, 0.25) is 0 Å². The van der Waals surface area contributed by atoms with Gasteiger partial charge in [0.1, 0.15) is 11.6 Å². The summed E-state index contributed by atoms with van der Waals surface area (Å²) in [5.41, 5.74) is 4.00. The van der Waals surface area contributed by atoms with Crippen LogP contribution in [0.4, 0.5) is 4.39 Å². The highest BCUT2D eigenvalue weighted by atomic mass is 19.1. The highest BCUT2D eigenvalue weighted by Gasteiger charge is 2.02. The zero-order chi connectivity index (χ0) is 15.1. The summed E-state index contributed by atoms with van der Waals surface area (Å²) in [5, 5.41) is 3.78. The topological polar surface area (TPSA) is 50.7 Å². The number of carbonyl (C=O) groups excluding carboxylic acids is 1. The van der Waals surface area contributed by atoms with Gasteiger partial charge in [0, 0.05) is 0 Å². The van der Waals surface area contributed by atoms with Gasteiger partial charge in [0.25, 0.3) is 5.91 Å². The second kappa shape index (κ2) is 7.19. The fourth-order valence-corrected chi connectivity index (χ4v) is 1.62. The Bertz CT molecular complexity index is 639. The molecule has 0 fully saturated rings. The number of hydrogen-bond acceptors (Lipinski definition) is 3. The number of amides is 1. The van der Waals surface area contributed by atoms with Crippen molar-refractivity contribution in [2.45, 2.75) is 6.92 Å². The Morgan fingerprint density at radius 1 is 1.24 bits per heavy atom. The van der Waals surface area contributed by atoms with Crippen molar-refractivity contribution in [1.82, 2.24) is 5.43 Å². The smallest absolute Gasteiger partial charge is 0.277 e. The van der Waals surface area contributed by atoms with Gasteiger partial charge in [-0.25, -0.2) is 9.82 Å². The predicted molar refractivity (Wildman–Crippen MR) is 78.8 cm³/mol. The molecule has 5 heteroatoms. The fourth-order valence-electron chi connectivity index (χ4n) is 1.62. The van der Waals surface area contributed by atoms with Gasteiger partial charge in [-0.2, -0.15) is 5.10 Å². The van der Waals surface area contributed by atoms with Crippen molar-refractivity contribution in [2.24, 2.45) is 5.10 Å². The number of halogens is 1. The van der Waals surface area contributed by atoms with Gasteiger partial charge in [0.2, 0.25) is 0 Å². The lowest BCUT2D eigenvalue weighted by Crippen LogP contribution is -2.24. The van der Waals surface area contributed by atoms with Gasteiger partial charge in [0.05, 0.1) is 6.21 Å². The normalized spacial score (nSPS) is 10.6. The third kappa shape index (κ3) is 4.72. The Morgan fingerprint density at radius 2 is 1.95 bits per heavy atom. The van der Waals surface area contributed by atoms with E-state index in [1.165, 1.54) is 18.3 Å². The van der Waals surface area contributed by atoms with Gasteiger partial charge in [-0.1, -0.05) is 30.3 Å². The summed E-state index contributed by atoms with van der Waals surface area (Å²) in [6.07, 6.45) is 1.44. The Hall–Kier alpha value is -2.69. The SMILES string of the molecule is Cc1ccccc1OCC(=O)N/N=C/c1ccc(F)cc1. The maximum atomic E-state index is 12.7. The van der Waals surface area contributed by atoms with Crippen LogP contribution in [0.25, 0.3) is 0 Å². The zero-order valence-corrected chi connectivity index (χ0v) is 11.5. The molecule has 0 aliphatic heterocycles. The molecule has 0 aliphatic rings. The molecule has 108 valence electrons. The molecule has 4 nitrogen and oxygen atoms in total. The molecule has 2 rings (SSSR count). The third-order valence-corrected chi connectivity index (χ3v) is 2.73. The van der Waals surface area contributed by atoms with E-state index in [2.05, 4.69) is 10.5 Å². The summed E-state index contributed by atoms with van der Waals surface area (Å²) in [6, 6.07) is 13.2. The van der Waals surface area contributed by atoms with Crippen LogP contribution in [0.5, 0.6) is 5.75 Å². The number of aryl methyl sites for hydroxylation is 1. The monoisotopic (exact) mass is 286 g/mol. The molecule has 0 atom stereocenters. The van der Waals surface area contributed by atoms with Crippen molar-refractivity contribution >= 4 is 12.1 Å². The minimum absolute atomic E-state index is 0.119. The number of hydrazone groups is 1. The highest BCUT2D eigenvalue weighted by Crippen LogP contribution is 2.15. The molecular weight excluding hydrogens is 271 g/mol. The van der Waals surface area contributed by atoms with Crippen LogP contribution in [0.1, 0.15) is 11.1 Å². The lowest BCUT2D eigenvalue weighted by atomic mass is 10.2. The van der Waals surface area contributed by atoms with E-state index < -0.39 is 0 Å². The van der Waals surface area contributed by atoms with Gasteiger partial charge in [-0.15, -0.1) is 0 Å². The summed E-state index contributed by atoms with van der Waals surface area (Å²) < 4.78 is 18.1. The molecule has 0 unspecified atom stereocenters. The Morgan fingerprint density at radius 3 is 2.67 bits per heavy atom. The van der Waals surface area contributed by atoms with Crippen LogP contribution in [-0.2, 0) is 4.79 Å². The second-order valence-corrected chi connectivity index (χ2v) is 4.40.